The van der Waals surface area contributed by atoms with Crippen molar-refractivity contribution < 1.29 is 13.9 Å². The molecule has 0 radical (unpaired) electrons. The molecule has 2 aliphatic rings. The quantitative estimate of drug-likeness (QED) is 0.829. The fraction of sp³-hybridized carbons (Fsp3) is 0.476. The van der Waals surface area contributed by atoms with Gasteiger partial charge in [0.25, 0.3) is 0 Å². The van der Waals surface area contributed by atoms with E-state index in [2.05, 4.69) is 25.3 Å². The Morgan fingerprint density at radius 2 is 1.79 bits per heavy atom. The summed E-state index contributed by atoms with van der Waals surface area (Å²) in [7, 11) is 0. The number of piperidine rings is 1. The third-order valence-electron chi connectivity index (χ3n) is 5.50. The van der Waals surface area contributed by atoms with Crippen LogP contribution in [0.2, 0.25) is 0 Å². The zero-order valence-electron chi connectivity index (χ0n) is 16.4. The summed E-state index contributed by atoms with van der Waals surface area (Å²) in [5.74, 6) is 1.16. The van der Waals surface area contributed by atoms with Crippen molar-refractivity contribution in [2.75, 3.05) is 49.2 Å². The molecule has 0 spiro atoms. The van der Waals surface area contributed by atoms with E-state index in [9.17, 15) is 9.18 Å². The van der Waals surface area contributed by atoms with E-state index in [0.717, 1.165) is 44.1 Å². The molecule has 1 unspecified atom stereocenters. The number of nitrogens with one attached hydrogen (secondary N) is 1. The second-order valence-electron chi connectivity index (χ2n) is 7.44. The molecule has 4 rings (SSSR count). The molecule has 0 saturated carbocycles. The molecule has 3 heterocycles. The minimum Gasteiger partial charge on any atom is -0.378 e. The number of carbonyl (C=O) groups excluding carboxylic acids is 1. The maximum atomic E-state index is 13.7. The fourth-order valence-electron chi connectivity index (χ4n) is 3.82. The van der Waals surface area contributed by atoms with Gasteiger partial charge in [-0.05, 0) is 31.0 Å². The molecule has 7 nitrogen and oxygen atoms in total. The average Bonchev–Trinajstić information content (AvgIpc) is 2.79. The normalized spacial score (nSPS) is 19.8. The summed E-state index contributed by atoms with van der Waals surface area (Å²) < 4.78 is 19.1. The van der Waals surface area contributed by atoms with E-state index in [1.807, 2.05) is 12.1 Å². The standard InChI is InChI=1S/C21H26FN5O2/c22-18-6-2-1-4-16(18)14-23-21(28)17-5-3-9-27(15-17)20-8-7-19(24-25-20)26-10-12-29-13-11-26/h1-2,4,6-8,17H,3,5,9-15H2,(H,23,28). The van der Waals surface area contributed by atoms with Crippen molar-refractivity contribution in [3.63, 3.8) is 0 Å². The van der Waals surface area contributed by atoms with Crippen LogP contribution < -0.4 is 15.1 Å². The third kappa shape index (κ3) is 4.82. The number of nitrogens with zero attached hydrogens (tertiary/aromatic N) is 4. The average molecular weight is 399 g/mol. The number of amides is 1. The molecular formula is C21H26FN5O2. The Kier molecular flexibility index (Phi) is 6.19. The van der Waals surface area contributed by atoms with E-state index in [1.54, 1.807) is 18.2 Å². The molecule has 1 atom stereocenters. The molecule has 29 heavy (non-hydrogen) atoms. The molecule has 1 N–H and O–H groups in total. The van der Waals surface area contributed by atoms with Gasteiger partial charge >= 0.3 is 0 Å². The summed E-state index contributed by atoms with van der Waals surface area (Å²) in [6.45, 7) is 4.70. The molecule has 2 aliphatic heterocycles. The second-order valence-corrected chi connectivity index (χ2v) is 7.44. The zero-order valence-corrected chi connectivity index (χ0v) is 16.4. The topological polar surface area (TPSA) is 70.6 Å². The van der Waals surface area contributed by atoms with Crippen LogP contribution in [0.15, 0.2) is 36.4 Å². The summed E-state index contributed by atoms with van der Waals surface area (Å²) in [6, 6.07) is 10.5. The minimum atomic E-state index is -0.297. The lowest BCUT2D eigenvalue weighted by Gasteiger charge is -2.33. The SMILES string of the molecule is O=C(NCc1ccccc1F)C1CCCN(c2ccc(N3CCOCC3)nn2)C1. The summed E-state index contributed by atoms with van der Waals surface area (Å²) in [6.07, 6.45) is 1.73. The van der Waals surface area contributed by atoms with Gasteiger partial charge in [-0.25, -0.2) is 4.39 Å². The highest BCUT2D eigenvalue weighted by molar-refractivity contribution is 5.79. The number of rotatable bonds is 5. The van der Waals surface area contributed by atoms with Crippen molar-refractivity contribution in [3.8, 4) is 0 Å². The highest BCUT2D eigenvalue weighted by Crippen LogP contribution is 2.23. The van der Waals surface area contributed by atoms with Crippen LogP contribution in [-0.2, 0) is 16.1 Å². The third-order valence-corrected chi connectivity index (χ3v) is 5.50. The summed E-state index contributed by atoms with van der Waals surface area (Å²) >= 11 is 0. The number of ether oxygens (including phenoxy) is 1. The maximum absolute atomic E-state index is 13.7. The molecular weight excluding hydrogens is 373 g/mol. The van der Waals surface area contributed by atoms with E-state index in [-0.39, 0.29) is 24.2 Å². The van der Waals surface area contributed by atoms with Crippen molar-refractivity contribution in [1.29, 1.82) is 0 Å². The van der Waals surface area contributed by atoms with Crippen LogP contribution in [0.4, 0.5) is 16.0 Å². The van der Waals surface area contributed by atoms with Gasteiger partial charge in [-0.15, -0.1) is 10.2 Å². The number of anilines is 2. The lowest BCUT2D eigenvalue weighted by atomic mass is 9.97. The predicted octanol–water partition coefficient (Wildman–Crippen LogP) is 1.99. The number of aromatic nitrogens is 2. The van der Waals surface area contributed by atoms with Gasteiger partial charge in [0.15, 0.2) is 11.6 Å². The Labute approximate surface area is 169 Å². The van der Waals surface area contributed by atoms with Gasteiger partial charge < -0.3 is 19.9 Å². The van der Waals surface area contributed by atoms with Crippen molar-refractivity contribution in [1.82, 2.24) is 15.5 Å². The molecule has 1 amide bonds. The second kappa shape index (κ2) is 9.17. The number of morpholine rings is 1. The zero-order chi connectivity index (χ0) is 20.1. The van der Waals surface area contributed by atoms with Crippen molar-refractivity contribution in [2.45, 2.75) is 19.4 Å². The van der Waals surface area contributed by atoms with E-state index in [0.29, 0.717) is 25.3 Å². The Bertz CT molecular complexity index is 826. The van der Waals surface area contributed by atoms with Crippen LogP contribution in [0.25, 0.3) is 0 Å². The van der Waals surface area contributed by atoms with Crippen LogP contribution in [0, 0.1) is 11.7 Å². The lowest BCUT2D eigenvalue weighted by Crippen LogP contribution is -2.43. The van der Waals surface area contributed by atoms with Gasteiger partial charge in [0, 0.05) is 38.3 Å². The highest BCUT2D eigenvalue weighted by Gasteiger charge is 2.27. The smallest absolute Gasteiger partial charge is 0.225 e. The molecule has 2 saturated heterocycles. The van der Waals surface area contributed by atoms with Crippen molar-refractivity contribution >= 4 is 17.5 Å². The first kappa shape index (κ1) is 19.6. The van der Waals surface area contributed by atoms with Crippen LogP contribution in [-0.4, -0.2) is 55.5 Å². The maximum Gasteiger partial charge on any atom is 0.225 e. The molecule has 8 heteroatoms. The number of benzene rings is 1. The van der Waals surface area contributed by atoms with E-state index < -0.39 is 0 Å². The minimum absolute atomic E-state index is 0.0455. The van der Waals surface area contributed by atoms with Gasteiger partial charge in [0.1, 0.15) is 5.82 Å². The Morgan fingerprint density at radius 3 is 2.52 bits per heavy atom. The first-order valence-corrected chi connectivity index (χ1v) is 10.1. The van der Waals surface area contributed by atoms with Gasteiger partial charge in [0.05, 0.1) is 19.1 Å². The van der Waals surface area contributed by atoms with Gasteiger partial charge in [-0.3, -0.25) is 4.79 Å². The van der Waals surface area contributed by atoms with Crippen LogP contribution in [0.3, 0.4) is 0 Å². The summed E-state index contributed by atoms with van der Waals surface area (Å²) in [4.78, 5) is 16.9. The predicted molar refractivity (Wildman–Crippen MR) is 108 cm³/mol. The Morgan fingerprint density at radius 1 is 1.07 bits per heavy atom. The molecule has 1 aromatic carbocycles. The van der Waals surface area contributed by atoms with Crippen molar-refractivity contribution in [2.24, 2.45) is 5.92 Å². The largest absolute Gasteiger partial charge is 0.378 e. The van der Waals surface area contributed by atoms with Crippen LogP contribution >= 0.6 is 0 Å². The molecule has 1 aromatic heterocycles. The summed E-state index contributed by atoms with van der Waals surface area (Å²) in [5, 5.41) is 11.6. The Hall–Kier alpha value is -2.74. The van der Waals surface area contributed by atoms with Gasteiger partial charge in [0.2, 0.25) is 5.91 Å². The fourth-order valence-corrected chi connectivity index (χ4v) is 3.82. The van der Waals surface area contributed by atoms with E-state index >= 15 is 0 Å². The van der Waals surface area contributed by atoms with E-state index in [1.165, 1.54) is 6.07 Å². The lowest BCUT2D eigenvalue weighted by molar-refractivity contribution is -0.125. The monoisotopic (exact) mass is 399 g/mol. The van der Waals surface area contributed by atoms with Crippen molar-refractivity contribution in [3.05, 3.63) is 47.8 Å². The number of carbonyl (C=O) groups is 1. The number of hydrogen-bond donors (Lipinski definition) is 1. The molecule has 2 fully saturated rings. The first-order chi connectivity index (χ1) is 14.2. The highest BCUT2D eigenvalue weighted by atomic mass is 19.1. The van der Waals surface area contributed by atoms with Gasteiger partial charge in [-0.2, -0.15) is 0 Å². The number of hydrogen-bond acceptors (Lipinski definition) is 6. The first-order valence-electron chi connectivity index (χ1n) is 10.1. The summed E-state index contributed by atoms with van der Waals surface area (Å²) in [5.41, 5.74) is 0.498. The van der Waals surface area contributed by atoms with Gasteiger partial charge in [-0.1, -0.05) is 18.2 Å². The van der Waals surface area contributed by atoms with E-state index in [4.69, 9.17) is 4.74 Å². The Balaban J connectivity index is 1.34. The molecule has 2 aromatic rings. The van der Waals surface area contributed by atoms with Crippen LogP contribution in [0.5, 0.6) is 0 Å². The molecule has 0 bridgehead atoms. The van der Waals surface area contributed by atoms with Crippen LogP contribution in [0.1, 0.15) is 18.4 Å². The molecule has 154 valence electrons. The molecule has 0 aliphatic carbocycles. The number of halogens is 1.